The van der Waals surface area contributed by atoms with Crippen LogP contribution in [-0.2, 0) is 6.67 Å². The van der Waals surface area contributed by atoms with Gasteiger partial charge < -0.3 is 5.32 Å². The van der Waals surface area contributed by atoms with Crippen LogP contribution in [0, 0.1) is 25.2 Å². The van der Waals surface area contributed by atoms with Crippen LogP contribution in [0.1, 0.15) is 27.4 Å². The molecule has 150 valence electrons. The minimum absolute atomic E-state index is 0.222. The molecule has 0 fully saturated rings. The summed E-state index contributed by atoms with van der Waals surface area (Å²) in [6.45, 7) is 4.24. The predicted molar refractivity (Wildman–Crippen MR) is 113 cm³/mol. The Morgan fingerprint density at radius 3 is 2.63 bits per heavy atom. The van der Waals surface area contributed by atoms with Gasteiger partial charge in [0.05, 0.1) is 27.7 Å². The summed E-state index contributed by atoms with van der Waals surface area (Å²) >= 11 is 3.50. The van der Waals surface area contributed by atoms with Crippen LogP contribution < -0.4 is 5.32 Å². The van der Waals surface area contributed by atoms with Crippen molar-refractivity contribution in [1.82, 2.24) is 29.3 Å². The van der Waals surface area contributed by atoms with E-state index >= 15 is 0 Å². The van der Waals surface area contributed by atoms with Crippen molar-refractivity contribution in [3.8, 4) is 11.8 Å². The molecular weight excluding hydrogens is 448 g/mol. The van der Waals surface area contributed by atoms with E-state index in [-0.39, 0.29) is 11.3 Å². The number of halogens is 1. The maximum absolute atomic E-state index is 12.8. The molecule has 3 aromatic heterocycles. The number of carbonyl (C=O) groups excluding carboxylic acids is 1. The van der Waals surface area contributed by atoms with Crippen LogP contribution in [0.3, 0.4) is 0 Å². The first-order chi connectivity index (χ1) is 14.5. The molecule has 1 N–H and O–H groups in total. The molecule has 0 aliphatic heterocycles. The monoisotopic (exact) mass is 464 g/mol. The average molecular weight is 465 g/mol. The lowest BCUT2D eigenvalue weighted by molar-refractivity contribution is 0.102. The van der Waals surface area contributed by atoms with Crippen molar-refractivity contribution in [2.75, 3.05) is 5.32 Å². The summed E-state index contributed by atoms with van der Waals surface area (Å²) in [6, 6.07) is 12.9. The number of nitrogens with zero attached hydrogens (tertiary/aromatic N) is 7. The third-order valence-electron chi connectivity index (χ3n) is 4.57. The Balaban J connectivity index is 1.56. The highest BCUT2D eigenvalue weighted by Gasteiger charge is 2.18. The van der Waals surface area contributed by atoms with E-state index in [1.54, 1.807) is 21.6 Å². The van der Waals surface area contributed by atoms with Gasteiger partial charge >= 0.3 is 0 Å². The third-order valence-corrected chi connectivity index (χ3v) is 5.72. The molecule has 3 heterocycles. The molecule has 0 unspecified atom stereocenters. The van der Waals surface area contributed by atoms with Crippen LogP contribution in [0.5, 0.6) is 0 Å². The Kier molecular flexibility index (Phi) is 5.20. The second-order valence-electron chi connectivity index (χ2n) is 6.59. The van der Waals surface area contributed by atoms with Crippen LogP contribution in [-0.4, -0.2) is 35.2 Å². The zero-order valence-electron chi connectivity index (χ0n) is 16.2. The lowest BCUT2D eigenvalue weighted by atomic mass is 10.3. The van der Waals surface area contributed by atoms with Crippen LogP contribution in [0.4, 0.5) is 5.82 Å². The van der Waals surface area contributed by atoms with E-state index in [1.807, 2.05) is 44.2 Å². The number of benzene rings is 1. The first kappa shape index (κ1) is 19.6. The number of aryl methyl sites for hydroxylation is 1. The number of hydrogen-bond donors (Lipinski definition) is 1. The lowest BCUT2D eigenvalue weighted by Crippen LogP contribution is -2.18. The number of nitrogens with one attached hydrogen (secondary N) is 1. The number of aromatic nitrogens is 6. The number of hydrogen-bond acceptors (Lipinski definition) is 5. The summed E-state index contributed by atoms with van der Waals surface area (Å²) in [6.07, 6.45) is 3.13. The zero-order chi connectivity index (χ0) is 21.3. The molecule has 4 rings (SSSR count). The van der Waals surface area contributed by atoms with Crippen LogP contribution >= 0.6 is 15.9 Å². The molecule has 1 aromatic carbocycles. The largest absolute Gasteiger partial charge is 0.304 e. The fraction of sp³-hybridized carbons (Fsp3) is 0.150. The summed E-state index contributed by atoms with van der Waals surface area (Å²) in [5.74, 6) is -0.136. The summed E-state index contributed by atoms with van der Waals surface area (Å²) in [4.78, 5) is 12.8. The molecule has 0 bridgehead atoms. The number of rotatable bonds is 5. The Hall–Kier alpha value is -3.71. The normalized spacial score (nSPS) is 10.7. The standard InChI is InChI=1S/C20H17BrN8O/c1-13-18(21)14(2)28(25-13)12-27-9-8-17(26-27)20(30)24-19-15(10-22)11-23-29(19)16-6-4-3-5-7-16/h3-9,11H,12H2,1-2H3,(H,24,30). The van der Waals surface area contributed by atoms with Gasteiger partial charge in [-0.15, -0.1) is 0 Å². The van der Waals surface area contributed by atoms with E-state index in [1.165, 1.54) is 10.9 Å². The molecule has 0 aliphatic rings. The molecule has 0 saturated heterocycles. The van der Waals surface area contributed by atoms with Crippen LogP contribution in [0.15, 0.2) is 53.3 Å². The van der Waals surface area contributed by atoms with Crippen molar-refractivity contribution in [2.24, 2.45) is 0 Å². The van der Waals surface area contributed by atoms with Crippen LogP contribution in [0.2, 0.25) is 0 Å². The van der Waals surface area contributed by atoms with E-state index in [9.17, 15) is 10.1 Å². The SMILES string of the molecule is Cc1nn(Cn2ccc(C(=O)Nc3c(C#N)cnn3-c3ccccc3)n2)c(C)c1Br. The number of amides is 1. The number of para-hydroxylation sites is 1. The molecular formula is C20H17BrN8O. The van der Waals surface area contributed by atoms with Gasteiger partial charge in [0.2, 0.25) is 0 Å². The number of nitriles is 1. The molecule has 9 nitrogen and oxygen atoms in total. The van der Waals surface area contributed by atoms with Crippen LogP contribution in [0.25, 0.3) is 5.69 Å². The number of carbonyl (C=O) groups is 1. The topological polar surface area (TPSA) is 106 Å². The molecule has 0 radical (unpaired) electrons. The Morgan fingerprint density at radius 2 is 1.97 bits per heavy atom. The Bertz CT molecular complexity index is 1260. The number of anilines is 1. The average Bonchev–Trinajstić information content (AvgIpc) is 3.44. The maximum atomic E-state index is 12.8. The van der Waals surface area contributed by atoms with Crippen molar-refractivity contribution >= 4 is 27.7 Å². The van der Waals surface area contributed by atoms with Gasteiger partial charge in [0.1, 0.15) is 18.3 Å². The quantitative estimate of drug-likeness (QED) is 0.487. The van der Waals surface area contributed by atoms with Crippen molar-refractivity contribution in [3.05, 3.63) is 75.9 Å². The molecule has 0 atom stereocenters. The lowest BCUT2D eigenvalue weighted by Gasteiger charge is -2.08. The van der Waals surface area contributed by atoms with Crippen molar-refractivity contribution in [1.29, 1.82) is 5.26 Å². The molecule has 0 saturated carbocycles. The first-order valence-corrected chi connectivity index (χ1v) is 9.85. The van der Waals surface area contributed by atoms with E-state index < -0.39 is 5.91 Å². The minimum Gasteiger partial charge on any atom is -0.304 e. The van der Waals surface area contributed by atoms with Crippen molar-refractivity contribution < 1.29 is 4.79 Å². The second kappa shape index (κ2) is 7.96. The maximum Gasteiger partial charge on any atom is 0.277 e. The molecule has 30 heavy (non-hydrogen) atoms. The summed E-state index contributed by atoms with van der Waals surface area (Å²) in [5.41, 5.74) is 3.07. The highest BCUT2D eigenvalue weighted by atomic mass is 79.9. The van der Waals surface area contributed by atoms with E-state index in [4.69, 9.17) is 0 Å². The van der Waals surface area contributed by atoms with Gasteiger partial charge in [-0.3, -0.25) is 9.48 Å². The fourth-order valence-corrected chi connectivity index (χ4v) is 3.28. The second-order valence-corrected chi connectivity index (χ2v) is 7.38. The third kappa shape index (κ3) is 3.62. The summed E-state index contributed by atoms with van der Waals surface area (Å²) in [7, 11) is 0. The zero-order valence-corrected chi connectivity index (χ0v) is 17.8. The molecule has 10 heteroatoms. The van der Waals surface area contributed by atoms with Gasteiger partial charge in [0, 0.05) is 6.20 Å². The van der Waals surface area contributed by atoms with Gasteiger partial charge in [-0.25, -0.2) is 9.36 Å². The van der Waals surface area contributed by atoms with Gasteiger partial charge in [-0.2, -0.15) is 20.6 Å². The smallest absolute Gasteiger partial charge is 0.277 e. The molecule has 0 aliphatic carbocycles. The first-order valence-electron chi connectivity index (χ1n) is 9.05. The fourth-order valence-electron chi connectivity index (χ4n) is 3.00. The molecule has 1 amide bonds. The Morgan fingerprint density at radius 1 is 1.20 bits per heavy atom. The van der Waals surface area contributed by atoms with E-state index in [2.05, 4.69) is 42.6 Å². The predicted octanol–water partition coefficient (Wildman–Crippen LogP) is 3.27. The Labute approximate surface area is 180 Å². The van der Waals surface area contributed by atoms with Crippen molar-refractivity contribution in [2.45, 2.75) is 20.5 Å². The van der Waals surface area contributed by atoms with Gasteiger partial charge in [0.15, 0.2) is 11.5 Å². The highest BCUT2D eigenvalue weighted by molar-refractivity contribution is 9.10. The minimum atomic E-state index is -0.433. The van der Waals surface area contributed by atoms with Crippen molar-refractivity contribution in [3.63, 3.8) is 0 Å². The van der Waals surface area contributed by atoms with E-state index in [0.717, 1.165) is 21.5 Å². The summed E-state index contributed by atoms with van der Waals surface area (Å²) < 4.78 is 5.89. The van der Waals surface area contributed by atoms with Gasteiger partial charge in [0.25, 0.3) is 5.91 Å². The van der Waals surface area contributed by atoms with Gasteiger partial charge in [-0.05, 0) is 48.0 Å². The van der Waals surface area contributed by atoms with E-state index in [0.29, 0.717) is 12.5 Å². The molecule has 4 aromatic rings. The van der Waals surface area contributed by atoms with Gasteiger partial charge in [-0.1, -0.05) is 18.2 Å². The molecule has 0 spiro atoms. The summed E-state index contributed by atoms with van der Waals surface area (Å²) in [5, 5.41) is 25.2. The highest BCUT2D eigenvalue weighted by Crippen LogP contribution is 2.21.